The second-order valence-corrected chi connectivity index (χ2v) is 5.06. The fourth-order valence-corrected chi connectivity index (χ4v) is 2.53. The van der Waals surface area contributed by atoms with Crippen LogP contribution in [-0.2, 0) is 6.54 Å². The van der Waals surface area contributed by atoms with E-state index < -0.39 is 11.9 Å². The molecule has 1 amide bonds. The number of carboxylic acids is 1. The van der Waals surface area contributed by atoms with Gasteiger partial charge < -0.3 is 15.4 Å². The van der Waals surface area contributed by atoms with Crippen molar-refractivity contribution in [2.24, 2.45) is 5.73 Å². The number of hydrogen-bond donors (Lipinski definition) is 2. The van der Waals surface area contributed by atoms with E-state index in [1.807, 2.05) is 34.9 Å². The lowest BCUT2D eigenvalue weighted by atomic mass is 10.1. The number of amides is 1. The van der Waals surface area contributed by atoms with E-state index >= 15 is 0 Å². The zero-order chi connectivity index (χ0) is 15.7. The van der Waals surface area contributed by atoms with Crippen molar-refractivity contribution in [3.8, 4) is 0 Å². The van der Waals surface area contributed by atoms with Crippen molar-refractivity contribution in [1.82, 2.24) is 4.57 Å². The Hall–Kier alpha value is -3.08. The number of benzene rings is 2. The summed E-state index contributed by atoms with van der Waals surface area (Å²) in [5.74, 6) is -1.53. The van der Waals surface area contributed by atoms with Gasteiger partial charge >= 0.3 is 5.97 Å². The summed E-state index contributed by atoms with van der Waals surface area (Å²) in [6, 6.07) is 14.4. The first-order valence-electron chi connectivity index (χ1n) is 6.76. The molecule has 0 aliphatic heterocycles. The van der Waals surface area contributed by atoms with Crippen molar-refractivity contribution < 1.29 is 14.7 Å². The van der Waals surface area contributed by atoms with Crippen molar-refractivity contribution in [2.75, 3.05) is 0 Å². The van der Waals surface area contributed by atoms with Gasteiger partial charge in [0.2, 0.25) is 0 Å². The van der Waals surface area contributed by atoms with Gasteiger partial charge in [0.1, 0.15) is 0 Å². The zero-order valence-corrected chi connectivity index (χ0v) is 11.7. The second-order valence-electron chi connectivity index (χ2n) is 5.06. The molecule has 5 nitrogen and oxygen atoms in total. The highest BCUT2D eigenvalue weighted by Crippen LogP contribution is 2.24. The number of fused-ring (bicyclic) bond motifs is 1. The van der Waals surface area contributed by atoms with Crippen LogP contribution in [0.5, 0.6) is 0 Å². The predicted molar refractivity (Wildman–Crippen MR) is 83.0 cm³/mol. The first-order chi connectivity index (χ1) is 10.6. The Morgan fingerprint density at radius 2 is 1.82 bits per heavy atom. The molecule has 3 N–H and O–H groups in total. The maximum absolute atomic E-state index is 11.6. The number of carbonyl (C=O) groups is 2. The Morgan fingerprint density at radius 3 is 2.45 bits per heavy atom. The van der Waals surface area contributed by atoms with Crippen LogP contribution in [0.3, 0.4) is 0 Å². The van der Waals surface area contributed by atoms with Gasteiger partial charge in [-0.1, -0.05) is 36.4 Å². The van der Waals surface area contributed by atoms with Gasteiger partial charge in [0.15, 0.2) is 0 Å². The van der Waals surface area contributed by atoms with Crippen LogP contribution in [0.15, 0.2) is 54.7 Å². The largest absolute Gasteiger partial charge is 0.478 e. The Morgan fingerprint density at radius 1 is 1.09 bits per heavy atom. The molecule has 0 spiro atoms. The maximum Gasteiger partial charge on any atom is 0.335 e. The van der Waals surface area contributed by atoms with Crippen LogP contribution in [0.1, 0.15) is 26.3 Å². The molecule has 0 bridgehead atoms. The van der Waals surface area contributed by atoms with E-state index in [2.05, 4.69) is 0 Å². The van der Waals surface area contributed by atoms with Gasteiger partial charge in [-0.2, -0.15) is 0 Å². The highest BCUT2D eigenvalue weighted by atomic mass is 16.4. The van der Waals surface area contributed by atoms with Crippen LogP contribution < -0.4 is 5.73 Å². The molecular formula is C17H14N2O3. The number of aromatic carboxylic acids is 1. The van der Waals surface area contributed by atoms with Crippen LogP contribution in [0.25, 0.3) is 10.9 Å². The molecule has 0 radical (unpaired) electrons. The van der Waals surface area contributed by atoms with Crippen molar-refractivity contribution in [1.29, 1.82) is 0 Å². The van der Waals surface area contributed by atoms with E-state index in [0.717, 1.165) is 5.56 Å². The Labute approximate surface area is 126 Å². The summed E-state index contributed by atoms with van der Waals surface area (Å²) < 4.78 is 1.84. The molecule has 3 rings (SSSR count). The molecule has 1 aromatic heterocycles. The standard InChI is InChI=1S/C17H14N2O3/c18-16(20)14-10-19(9-11-4-2-1-3-5-11)15-8-12(17(21)22)6-7-13(14)15/h1-8,10H,9H2,(H2,18,20)(H,21,22). The fourth-order valence-electron chi connectivity index (χ4n) is 2.53. The predicted octanol–water partition coefficient (Wildman–Crippen LogP) is 2.49. The van der Waals surface area contributed by atoms with Gasteiger partial charge in [0.05, 0.1) is 11.1 Å². The summed E-state index contributed by atoms with van der Waals surface area (Å²) in [7, 11) is 0. The molecule has 22 heavy (non-hydrogen) atoms. The molecule has 0 aliphatic rings. The minimum absolute atomic E-state index is 0.177. The lowest BCUT2D eigenvalue weighted by Crippen LogP contribution is -2.10. The van der Waals surface area contributed by atoms with E-state index in [4.69, 9.17) is 10.8 Å². The number of rotatable bonds is 4. The van der Waals surface area contributed by atoms with E-state index in [-0.39, 0.29) is 5.56 Å². The number of aromatic nitrogens is 1. The van der Waals surface area contributed by atoms with E-state index in [1.54, 1.807) is 18.3 Å². The van der Waals surface area contributed by atoms with Crippen LogP contribution in [0, 0.1) is 0 Å². The summed E-state index contributed by atoms with van der Waals surface area (Å²) in [5, 5.41) is 9.80. The van der Waals surface area contributed by atoms with Gasteiger partial charge in [-0.25, -0.2) is 4.79 Å². The topological polar surface area (TPSA) is 85.3 Å². The van der Waals surface area contributed by atoms with Crippen molar-refractivity contribution in [3.63, 3.8) is 0 Å². The number of carboxylic acid groups (broad SMARTS) is 1. The molecule has 0 atom stereocenters. The smallest absolute Gasteiger partial charge is 0.335 e. The highest BCUT2D eigenvalue weighted by Gasteiger charge is 2.15. The molecule has 2 aromatic carbocycles. The van der Waals surface area contributed by atoms with Gasteiger partial charge in [-0.3, -0.25) is 4.79 Å². The van der Waals surface area contributed by atoms with Crippen molar-refractivity contribution in [3.05, 3.63) is 71.4 Å². The fraction of sp³-hybridized carbons (Fsp3) is 0.0588. The third-order valence-electron chi connectivity index (χ3n) is 3.59. The first-order valence-corrected chi connectivity index (χ1v) is 6.76. The molecular weight excluding hydrogens is 280 g/mol. The summed E-state index contributed by atoms with van der Waals surface area (Å²) in [4.78, 5) is 22.7. The summed E-state index contributed by atoms with van der Waals surface area (Å²) in [5.41, 5.74) is 7.71. The Balaban J connectivity index is 2.17. The maximum atomic E-state index is 11.6. The summed E-state index contributed by atoms with van der Waals surface area (Å²) in [6.07, 6.45) is 1.67. The first kappa shape index (κ1) is 13.9. The minimum atomic E-state index is -1.00. The molecule has 0 saturated heterocycles. The molecule has 1 heterocycles. The van der Waals surface area contributed by atoms with E-state index in [1.165, 1.54) is 6.07 Å². The zero-order valence-electron chi connectivity index (χ0n) is 11.7. The third kappa shape index (κ3) is 2.44. The molecule has 110 valence electrons. The van der Waals surface area contributed by atoms with Crippen LogP contribution >= 0.6 is 0 Å². The number of nitrogens with two attached hydrogens (primary N) is 1. The second kappa shape index (κ2) is 5.37. The van der Waals surface area contributed by atoms with Crippen molar-refractivity contribution in [2.45, 2.75) is 6.54 Å². The average molecular weight is 294 g/mol. The number of hydrogen-bond acceptors (Lipinski definition) is 2. The quantitative estimate of drug-likeness (QED) is 0.775. The highest BCUT2D eigenvalue weighted by molar-refractivity contribution is 6.07. The summed E-state index contributed by atoms with van der Waals surface area (Å²) >= 11 is 0. The van der Waals surface area contributed by atoms with Gasteiger partial charge in [0.25, 0.3) is 5.91 Å². The molecule has 0 fully saturated rings. The molecule has 5 heteroatoms. The van der Waals surface area contributed by atoms with Gasteiger partial charge in [0, 0.05) is 23.6 Å². The molecule has 3 aromatic rings. The number of primary amides is 1. The third-order valence-corrected chi connectivity index (χ3v) is 3.59. The molecule has 0 unspecified atom stereocenters. The van der Waals surface area contributed by atoms with Gasteiger partial charge in [-0.05, 0) is 17.7 Å². The Bertz CT molecular complexity index is 866. The SMILES string of the molecule is NC(=O)c1cn(Cc2ccccc2)c2cc(C(=O)O)ccc12. The van der Waals surface area contributed by atoms with Crippen LogP contribution in [-0.4, -0.2) is 21.6 Å². The average Bonchev–Trinajstić information content (AvgIpc) is 2.86. The number of carbonyl (C=O) groups excluding carboxylic acids is 1. The van der Waals surface area contributed by atoms with Crippen molar-refractivity contribution >= 4 is 22.8 Å². The molecule has 0 saturated carbocycles. The number of nitrogens with zero attached hydrogens (tertiary/aromatic N) is 1. The normalized spacial score (nSPS) is 10.7. The van der Waals surface area contributed by atoms with E-state index in [0.29, 0.717) is 23.0 Å². The lowest BCUT2D eigenvalue weighted by molar-refractivity contribution is 0.0697. The van der Waals surface area contributed by atoms with E-state index in [9.17, 15) is 9.59 Å². The minimum Gasteiger partial charge on any atom is -0.478 e. The lowest BCUT2D eigenvalue weighted by Gasteiger charge is -2.06. The monoisotopic (exact) mass is 294 g/mol. The van der Waals surface area contributed by atoms with Crippen LogP contribution in [0.4, 0.5) is 0 Å². The van der Waals surface area contributed by atoms with Crippen LogP contribution in [0.2, 0.25) is 0 Å². The van der Waals surface area contributed by atoms with Gasteiger partial charge in [-0.15, -0.1) is 0 Å². The summed E-state index contributed by atoms with van der Waals surface area (Å²) in [6.45, 7) is 0.535. The Kier molecular flexibility index (Phi) is 3.39. The molecule has 0 aliphatic carbocycles.